The first-order chi connectivity index (χ1) is 7.06. The van der Waals surface area contributed by atoms with E-state index in [0.717, 1.165) is 12.1 Å². The number of rotatable bonds is 3. The zero-order valence-electron chi connectivity index (χ0n) is 9.95. The average Bonchev–Trinajstić information content (AvgIpc) is 2.26. The molecule has 0 heterocycles. The molecule has 1 amide bonds. The lowest BCUT2D eigenvalue weighted by Gasteiger charge is -2.21. The molecule has 0 saturated heterocycles. The van der Waals surface area contributed by atoms with Crippen LogP contribution in [0.15, 0.2) is 24.3 Å². The molecule has 1 rings (SSSR count). The highest BCUT2D eigenvalue weighted by Gasteiger charge is 2.16. The summed E-state index contributed by atoms with van der Waals surface area (Å²) in [6.07, 6.45) is 0.884. The van der Waals surface area contributed by atoms with Gasteiger partial charge in [0.05, 0.1) is 0 Å². The summed E-state index contributed by atoms with van der Waals surface area (Å²) in [6.45, 7) is 6.03. The van der Waals surface area contributed by atoms with Crippen LogP contribution in [0.5, 0.6) is 0 Å². The first-order valence-corrected chi connectivity index (χ1v) is 5.40. The van der Waals surface area contributed by atoms with Gasteiger partial charge in [0.1, 0.15) is 0 Å². The maximum absolute atomic E-state index is 11.9. The lowest BCUT2D eigenvalue weighted by Crippen LogP contribution is -2.31. The van der Waals surface area contributed by atoms with Crippen molar-refractivity contribution >= 4 is 11.6 Å². The summed E-state index contributed by atoms with van der Waals surface area (Å²) >= 11 is 0. The second-order valence-corrected chi connectivity index (χ2v) is 4.05. The van der Waals surface area contributed by atoms with Crippen molar-refractivity contribution in [2.75, 3.05) is 11.9 Å². The molecule has 0 spiro atoms. The molecule has 0 aliphatic heterocycles. The third-order valence-corrected chi connectivity index (χ3v) is 2.75. The van der Waals surface area contributed by atoms with Crippen molar-refractivity contribution in [2.45, 2.75) is 27.2 Å². The number of aryl methyl sites for hydroxylation is 1. The van der Waals surface area contributed by atoms with E-state index in [2.05, 4.69) is 0 Å². The van der Waals surface area contributed by atoms with E-state index in [1.807, 2.05) is 52.1 Å². The molecular weight excluding hydrogens is 186 g/mol. The zero-order chi connectivity index (χ0) is 11.4. The molecule has 0 aromatic heterocycles. The molecule has 15 heavy (non-hydrogen) atoms. The summed E-state index contributed by atoms with van der Waals surface area (Å²) in [5.74, 6) is 0.276. The Morgan fingerprint density at radius 3 is 2.67 bits per heavy atom. The monoisotopic (exact) mass is 205 g/mol. The maximum atomic E-state index is 11.9. The van der Waals surface area contributed by atoms with Crippen molar-refractivity contribution in [1.29, 1.82) is 0 Å². The summed E-state index contributed by atoms with van der Waals surface area (Å²) in [5, 5.41) is 0. The van der Waals surface area contributed by atoms with E-state index in [4.69, 9.17) is 0 Å². The largest absolute Gasteiger partial charge is 0.315 e. The van der Waals surface area contributed by atoms with E-state index in [0.29, 0.717) is 0 Å². The third kappa shape index (κ3) is 2.82. The molecular formula is C13H19NO. The van der Waals surface area contributed by atoms with Crippen molar-refractivity contribution in [3.8, 4) is 0 Å². The van der Waals surface area contributed by atoms with Gasteiger partial charge in [-0.25, -0.2) is 0 Å². The highest BCUT2D eigenvalue weighted by molar-refractivity contribution is 5.94. The van der Waals surface area contributed by atoms with Crippen molar-refractivity contribution in [3.63, 3.8) is 0 Å². The Labute approximate surface area is 91.9 Å². The summed E-state index contributed by atoms with van der Waals surface area (Å²) in [5.41, 5.74) is 2.15. The van der Waals surface area contributed by atoms with Crippen LogP contribution in [-0.2, 0) is 4.79 Å². The SMILES string of the molecule is CC[C@H](C)C(=O)N(C)c1cccc(C)c1. The van der Waals surface area contributed by atoms with Crippen LogP contribution in [0.2, 0.25) is 0 Å². The van der Waals surface area contributed by atoms with Crippen LogP contribution in [-0.4, -0.2) is 13.0 Å². The topological polar surface area (TPSA) is 20.3 Å². The number of carbonyl (C=O) groups is 1. The third-order valence-electron chi connectivity index (χ3n) is 2.75. The fourth-order valence-corrected chi connectivity index (χ4v) is 1.47. The summed E-state index contributed by atoms with van der Waals surface area (Å²) < 4.78 is 0. The van der Waals surface area contributed by atoms with Gasteiger partial charge in [-0.3, -0.25) is 4.79 Å². The van der Waals surface area contributed by atoms with Gasteiger partial charge in [0.25, 0.3) is 0 Å². The molecule has 0 aliphatic carbocycles. The summed E-state index contributed by atoms with van der Waals surface area (Å²) in [4.78, 5) is 13.6. The Bertz CT molecular complexity index is 346. The Kier molecular flexibility index (Phi) is 3.89. The number of hydrogen-bond acceptors (Lipinski definition) is 1. The predicted octanol–water partition coefficient (Wildman–Crippen LogP) is 3.00. The normalized spacial score (nSPS) is 12.3. The van der Waals surface area contributed by atoms with E-state index < -0.39 is 0 Å². The zero-order valence-corrected chi connectivity index (χ0v) is 9.95. The molecule has 1 aromatic carbocycles. The molecule has 82 valence electrons. The standard InChI is InChI=1S/C13H19NO/c1-5-11(3)13(15)14(4)12-8-6-7-10(2)9-12/h6-9,11H,5H2,1-4H3/t11-/m0/s1. The number of benzene rings is 1. The van der Waals surface area contributed by atoms with Crippen LogP contribution in [0.1, 0.15) is 25.8 Å². The van der Waals surface area contributed by atoms with Gasteiger partial charge < -0.3 is 4.90 Å². The number of carbonyl (C=O) groups excluding carboxylic acids is 1. The Morgan fingerprint density at radius 1 is 1.47 bits per heavy atom. The van der Waals surface area contributed by atoms with Crippen molar-refractivity contribution < 1.29 is 4.79 Å². The highest BCUT2D eigenvalue weighted by atomic mass is 16.2. The van der Waals surface area contributed by atoms with Crippen LogP contribution in [0.25, 0.3) is 0 Å². The van der Waals surface area contributed by atoms with Crippen LogP contribution in [0.3, 0.4) is 0 Å². The first-order valence-electron chi connectivity index (χ1n) is 5.40. The van der Waals surface area contributed by atoms with E-state index in [1.54, 1.807) is 4.90 Å². The van der Waals surface area contributed by atoms with Crippen LogP contribution >= 0.6 is 0 Å². The summed E-state index contributed by atoms with van der Waals surface area (Å²) in [6, 6.07) is 8.00. The molecule has 1 atom stereocenters. The van der Waals surface area contributed by atoms with Gasteiger partial charge in [0, 0.05) is 18.7 Å². The smallest absolute Gasteiger partial charge is 0.229 e. The molecule has 0 N–H and O–H groups in total. The molecule has 2 heteroatoms. The van der Waals surface area contributed by atoms with Gasteiger partial charge in [-0.05, 0) is 31.0 Å². The van der Waals surface area contributed by atoms with Gasteiger partial charge in [-0.2, -0.15) is 0 Å². The Hall–Kier alpha value is -1.31. The van der Waals surface area contributed by atoms with Crippen LogP contribution < -0.4 is 4.90 Å². The lowest BCUT2D eigenvalue weighted by molar-refractivity contribution is -0.121. The molecule has 0 radical (unpaired) electrons. The first kappa shape index (κ1) is 11.8. The van der Waals surface area contributed by atoms with E-state index in [1.165, 1.54) is 5.56 Å². The van der Waals surface area contributed by atoms with Crippen molar-refractivity contribution in [2.24, 2.45) is 5.92 Å². The molecule has 1 aromatic rings. The second-order valence-electron chi connectivity index (χ2n) is 4.05. The minimum absolute atomic E-state index is 0.0931. The molecule has 0 saturated carbocycles. The number of nitrogens with zero attached hydrogens (tertiary/aromatic N) is 1. The molecule has 0 aliphatic rings. The minimum atomic E-state index is 0.0931. The van der Waals surface area contributed by atoms with Gasteiger partial charge in [-0.15, -0.1) is 0 Å². The quantitative estimate of drug-likeness (QED) is 0.742. The highest BCUT2D eigenvalue weighted by Crippen LogP contribution is 2.17. The van der Waals surface area contributed by atoms with E-state index >= 15 is 0 Å². The maximum Gasteiger partial charge on any atom is 0.229 e. The van der Waals surface area contributed by atoms with Crippen LogP contribution in [0, 0.1) is 12.8 Å². The minimum Gasteiger partial charge on any atom is -0.315 e. The molecule has 0 unspecified atom stereocenters. The predicted molar refractivity (Wildman–Crippen MR) is 64.0 cm³/mol. The molecule has 0 bridgehead atoms. The average molecular weight is 205 g/mol. The van der Waals surface area contributed by atoms with Gasteiger partial charge in [0.2, 0.25) is 5.91 Å². The molecule has 0 fully saturated rings. The van der Waals surface area contributed by atoms with Crippen molar-refractivity contribution in [1.82, 2.24) is 0 Å². The second kappa shape index (κ2) is 4.96. The Morgan fingerprint density at radius 2 is 2.13 bits per heavy atom. The number of hydrogen-bond donors (Lipinski definition) is 0. The fraction of sp³-hybridized carbons (Fsp3) is 0.462. The van der Waals surface area contributed by atoms with Crippen LogP contribution in [0.4, 0.5) is 5.69 Å². The van der Waals surface area contributed by atoms with Gasteiger partial charge >= 0.3 is 0 Å². The number of anilines is 1. The van der Waals surface area contributed by atoms with E-state index in [-0.39, 0.29) is 11.8 Å². The fourth-order valence-electron chi connectivity index (χ4n) is 1.47. The van der Waals surface area contributed by atoms with E-state index in [9.17, 15) is 4.79 Å². The lowest BCUT2D eigenvalue weighted by atomic mass is 10.1. The van der Waals surface area contributed by atoms with Crippen molar-refractivity contribution in [3.05, 3.63) is 29.8 Å². The molecule has 2 nitrogen and oxygen atoms in total. The van der Waals surface area contributed by atoms with Gasteiger partial charge in [0.15, 0.2) is 0 Å². The Balaban J connectivity index is 2.85. The summed E-state index contributed by atoms with van der Waals surface area (Å²) in [7, 11) is 1.84. The van der Waals surface area contributed by atoms with Gasteiger partial charge in [-0.1, -0.05) is 26.0 Å². The number of amides is 1.